The van der Waals surface area contributed by atoms with Crippen molar-refractivity contribution in [3.8, 4) is 0 Å². The van der Waals surface area contributed by atoms with E-state index in [1.165, 1.54) is 0 Å². The van der Waals surface area contributed by atoms with Crippen LogP contribution in [0.15, 0.2) is 60.7 Å². The summed E-state index contributed by atoms with van der Waals surface area (Å²) in [5.41, 5.74) is 1.86. The molecule has 0 atom stereocenters. The van der Waals surface area contributed by atoms with Crippen LogP contribution in [-0.2, 0) is 16.0 Å². The first-order chi connectivity index (χ1) is 10.8. The monoisotopic (exact) mass is 325 g/mol. The second kappa shape index (κ2) is 8.57. The van der Waals surface area contributed by atoms with Crippen molar-refractivity contribution in [2.75, 3.05) is 5.32 Å². The van der Waals surface area contributed by atoms with Crippen LogP contribution in [0.25, 0.3) is 0 Å². The molecule has 0 aliphatic heterocycles. The number of carboxylic acids is 1. The van der Waals surface area contributed by atoms with E-state index in [1.54, 1.807) is 0 Å². The summed E-state index contributed by atoms with van der Waals surface area (Å²) >= 11 is 0. The molecule has 0 bridgehead atoms. The number of rotatable bonds is 3. The predicted octanol–water partition coefficient (Wildman–Crippen LogP) is 3.50. The van der Waals surface area contributed by atoms with Crippen LogP contribution in [-0.4, -0.2) is 23.2 Å². The number of amides is 1. The molecule has 2 rings (SSSR count). The maximum Gasteiger partial charge on any atom is 0.490 e. The van der Waals surface area contributed by atoms with Gasteiger partial charge in [-0.2, -0.15) is 13.2 Å². The minimum Gasteiger partial charge on any atom is -0.475 e. The summed E-state index contributed by atoms with van der Waals surface area (Å²) in [6, 6.07) is 19.2. The molecule has 23 heavy (non-hydrogen) atoms. The largest absolute Gasteiger partial charge is 0.490 e. The summed E-state index contributed by atoms with van der Waals surface area (Å²) in [5.74, 6) is -2.75. The van der Waals surface area contributed by atoms with Crippen LogP contribution in [0.5, 0.6) is 0 Å². The number of hydrogen-bond acceptors (Lipinski definition) is 2. The molecule has 2 N–H and O–H groups in total. The Hall–Kier alpha value is -2.83. The summed E-state index contributed by atoms with van der Waals surface area (Å²) in [5, 5.41) is 9.98. The first-order valence-corrected chi connectivity index (χ1v) is 6.48. The van der Waals surface area contributed by atoms with Crippen LogP contribution in [0.2, 0.25) is 0 Å². The third-order valence-corrected chi connectivity index (χ3v) is 2.51. The molecule has 4 nitrogen and oxygen atoms in total. The van der Waals surface area contributed by atoms with Gasteiger partial charge in [0.2, 0.25) is 5.91 Å². The highest BCUT2D eigenvalue weighted by Gasteiger charge is 2.38. The molecule has 0 saturated carbocycles. The first-order valence-electron chi connectivity index (χ1n) is 6.48. The Morgan fingerprint density at radius 2 is 1.35 bits per heavy atom. The summed E-state index contributed by atoms with van der Waals surface area (Å²) in [6.45, 7) is 0. The second-order valence-electron chi connectivity index (χ2n) is 4.38. The Morgan fingerprint density at radius 1 is 0.913 bits per heavy atom. The zero-order valence-corrected chi connectivity index (χ0v) is 11.9. The minimum atomic E-state index is -5.08. The van der Waals surface area contributed by atoms with Crippen molar-refractivity contribution in [1.29, 1.82) is 0 Å². The van der Waals surface area contributed by atoms with Gasteiger partial charge in [-0.15, -0.1) is 0 Å². The number of carbonyl (C=O) groups is 2. The third-order valence-electron chi connectivity index (χ3n) is 2.51. The zero-order chi connectivity index (χ0) is 17.3. The molecule has 0 saturated heterocycles. The van der Waals surface area contributed by atoms with E-state index in [2.05, 4.69) is 5.32 Å². The number of carboxylic acid groups (broad SMARTS) is 1. The Balaban J connectivity index is 0.000000322. The van der Waals surface area contributed by atoms with Crippen LogP contribution in [0, 0.1) is 0 Å². The Kier molecular flexibility index (Phi) is 6.79. The number of hydrogen-bond donors (Lipinski definition) is 2. The normalized spacial score (nSPS) is 10.2. The van der Waals surface area contributed by atoms with Crippen molar-refractivity contribution in [2.45, 2.75) is 12.6 Å². The average Bonchev–Trinajstić information content (AvgIpc) is 2.48. The quantitative estimate of drug-likeness (QED) is 0.907. The molecule has 0 radical (unpaired) electrons. The van der Waals surface area contributed by atoms with Gasteiger partial charge < -0.3 is 10.4 Å². The Labute approximate surface area is 130 Å². The second-order valence-corrected chi connectivity index (χ2v) is 4.38. The maximum atomic E-state index is 11.7. The van der Waals surface area contributed by atoms with Gasteiger partial charge in [-0.05, 0) is 17.7 Å². The van der Waals surface area contributed by atoms with E-state index in [-0.39, 0.29) is 5.91 Å². The summed E-state index contributed by atoms with van der Waals surface area (Å²) in [7, 11) is 0. The highest BCUT2D eigenvalue weighted by atomic mass is 19.4. The Bertz CT molecular complexity index is 585. The number of para-hydroxylation sites is 1. The molecule has 0 aliphatic rings. The van der Waals surface area contributed by atoms with Gasteiger partial charge in [0.1, 0.15) is 0 Å². The van der Waals surface area contributed by atoms with Crippen molar-refractivity contribution in [1.82, 2.24) is 0 Å². The van der Waals surface area contributed by atoms with E-state index in [9.17, 15) is 18.0 Å². The zero-order valence-electron chi connectivity index (χ0n) is 11.9. The molecule has 0 aliphatic carbocycles. The van der Waals surface area contributed by atoms with Crippen molar-refractivity contribution in [2.24, 2.45) is 0 Å². The average molecular weight is 325 g/mol. The number of benzene rings is 2. The van der Waals surface area contributed by atoms with Crippen molar-refractivity contribution < 1.29 is 27.9 Å². The summed E-state index contributed by atoms with van der Waals surface area (Å²) in [6.07, 6.45) is -4.67. The molecular weight excluding hydrogens is 311 g/mol. The number of aliphatic carboxylic acids is 1. The van der Waals surface area contributed by atoms with Crippen molar-refractivity contribution in [3.63, 3.8) is 0 Å². The van der Waals surface area contributed by atoms with E-state index in [4.69, 9.17) is 9.90 Å². The molecule has 0 spiro atoms. The number of anilines is 1. The fourth-order valence-electron chi connectivity index (χ4n) is 1.51. The lowest BCUT2D eigenvalue weighted by atomic mass is 10.1. The molecule has 1 amide bonds. The van der Waals surface area contributed by atoms with Gasteiger partial charge in [-0.25, -0.2) is 4.79 Å². The molecule has 0 heterocycles. The lowest BCUT2D eigenvalue weighted by Gasteiger charge is -2.04. The number of alkyl halides is 3. The standard InChI is InChI=1S/C14H13NO.C2HF3O2/c16-14(11-12-7-3-1-4-8-12)15-13-9-5-2-6-10-13;3-2(4,5)1(6)7/h1-10H,11H2,(H,15,16);(H,6,7). The molecule has 2 aromatic carbocycles. The smallest absolute Gasteiger partial charge is 0.475 e. The van der Waals surface area contributed by atoms with Crippen LogP contribution >= 0.6 is 0 Å². The molecule has 2 aromatic rings. The highest BCUT2D eigenvalue weighted by molar-refractivity contribution is 5.92. The van der Waals surface area contributed by atoms with Gasteiger partial charge in [0.05, 0.1) is 6.42 Å². The van der Waals surface area contributed by atoms with Crippen molar-refractivity contribution >= 4 is 17.6 Å². The molecular formula is C16H14F3NO3. The van der Waals surface area contributed by atoms with E-state index in [0.717, 1.165) is 11.3 Å². The van der Waals surface area contributed by atoms with Crippen LogP contribution in [0.3, 0.4) is 0 Å². The predicted molar refractivity (Wildman–Crippen MR) is 78.9 cm³/mol. The van der Waals surface area contributed by atoms with E-state index in [1.807, 2.05) is 60.7 Å². The number of nitrogens with one attached hydrogen (secondary N) is 1. The van der Waals surface area contributed by atoms with E-state index < -0.39 is 12.1 Å². The van der Waals surface area contributed by atoms with Crippen LogP contribution < -0.4 is 5.32 Å². The van der Waals surface area contributed by atoms with Gasteiger partial charge in [0, 0.05) is 5.69 Å². The minimum absolute atomic E-state index is 0.0115. The summed E-state index contributed by atoms with van der Waals surface area (Å²) in [4.78, 5) is 20.6. The maximum absolute atomic E-state index is 11.7. The topological polar surface area (TPSA) is 66.4 Å². The lowest BCUT2D eigenvalue weighted by molar-refractivity contribution is -0.192. The molecule has 0 fully saturated rings. The van der Waals surface area contributed by atoms with Gasteiger partial charge in [0.25, 0.3) is 0 Å². The highest BCUT2D eigenvalue weighted by Crippen LogP contribution is 2.13. The lowest BCUT2D eigenvalue weighted by Crippen LogP contribution is -2.21. The first kappa shape index (κ1) is 18.2. The molecule has 122 valence electrons. The van der Waals surface area contributed by atoms with Gasteiger partial charge in [-0.1, -0.05) is 48.5 Å². The number of carbonyl (C=O) groups excluding carboxylic acids is 1. The van der Waals surface area contributed by atoms with E-state index >= 15 is 0 Å². The summed E-state index contributed by atoms with van der Waals surface area (Å²) < 4.78 is 31.7. The fraction of sp³-hybridized carbons (Fsp3) is 0.125. The fourth-order valence-corrected chi connectivity index (χ4v) is 1.51. The van der Waals surface area contributed by atoms with Gasteiger partial charge in [0.15, 0.2) is 0 Å². The molecule has 0 unspecified atom stereocenters. The van der Waals surface area contributed by atoms with Crippen molar-refractivity contribution in [3.05, 3.63) is 66.2 Å². The van der Waals surface area contributed by atoms with Crippen LogP contribution in [0.1, 0.15) is 5.56 Å². The number of halogens is 3. The van der Waals surface area contributed by atoms with Gasteiger partial charge >= 0.3 is 12.1 Å². The molecule has 0 aromatic heterocycles. The van der Waals surface area contributed by atoms with Crippen LogP contribution in [0.4, 0.5) is 18.9 Å². The third kappa shape index (κ3) is 7.66. The van der Waals surface area contributed by atoms with E-state index in [0.29, 0.717) is 6.42 Å². The van der Waals surface area contributed by atoms with Gasteiger partial charge in [-0.3, -0.25) is 4.79 Å². The SMILES string of the molecule is O=C(Cc1ccccc1)Nc1ccccc1.O=C(O)C(F)(F)F. The molecule has 7 heteroatoms. The Morgan fingerprint density at radius 3 is 1.78 bits per heavy atom.